The zero-order valence-electron chi connectivity index (χ0n) is 10.1. The number of carbonyl (C=O) groups is 1. The maximum absolute atomic E-state index is 12.2. The molecule has 5 nitrogen and oxygen atoms in total. The van der Waals surface area contributed by atoms with Crippen molar-refractivity contribution in [3.05, 3.63) is 24.4 Å². The van der Waals surface area contributed by atoms with E-state index in [2.05, 4.69) is 20.8 Å². The van der Waals surface area contributed by atoms with Crippen molar-refractivity contribution in [3.8, 4) is 0 Å². The number of H-pyrrole nitrogens is 1. The lowest BCUT2D eigenvalue weighted by Crippen LogP contribution is -2.34. The fraction of sp³-hybridized carbons (Fsp3) is 0.385. The molecule has 94 valence electrons. The number of hydrogen-bond acceptors (Lipinski definition) is 3. The molecule has 18 heavy (non-hydrogen) atoms. The van der Waals surface area contributed by atoms with E-state index in [1.807, 2.05) is 18.2 Å². The van der Waals surface area contributed by atoms with Crippen LogP contribution < -0.4 is 10.6 Å². The Bertz CT molecular complexity index is 557. The molecule has 1 aliphatic rings. The van der Waals surface area contributed by atoms with Crippen LogP contribution in [0.25, 0.3) is 10.9 Å². The number of rotatable bonds is 2. The van der Waals surface area contributed by atoms with Crippen molar-refractivity contribution in [2.45, 2.75) is 12.8 Å². The minimum atomic E-state index is 0.116. The molecule has 0 unspecified atom stereocenters. The molecule has 1 amide bonds. The highest BCUT2D eigenvalue weighted by Crippen LogP contribution is 2.22. The SMILES string of the molecule is O=C(Nc1cccc2[nH]ncc12)C1CCNCC1. The molecule has 3 rings (SSSR count). The molecule has 0 radical (unpaired) electrons. The van der Waals surface area contributed by atoms with Gasteiger partial charge in [-0.15, -0.1) is 0 Å². The average Bonchev–Trinajstić information content (AvgIpc) is 2.89. The Kier molecular flexibility index (Phi) is 2.98. The molecule has 0 spiro atoms. The van der Waals surface area contributed by atoms with Gasteiger partial charge in [0.2, 0.25) is 5.91 Å². The molecule has 1 fully saturated rings. The number of anilines is 1. The summed E-state index contributed by atoms with van der Waals surface area (Å²) in [7, 11) is 0. The maximum atomic E-state index is 12.2. The average molecular weight is 244 g/mol. The predicted octanol–water partition coefficient (Wildman–Crippen LogP) is 1.50. The van der Waals surface area contributed by atoms with Crippen molar-refractivity contribution in [3.63, 3.8) is 0 Å². The summed E-state index contributed by atoms with van der Waals surface area (Å²) >= 11 is 0. The maximum Gasteiger partial charge on any atom is 0.227 e. The van der Waals surface area contributed by atoms with Crippen LogP contribution in [0.1, 0.15) is 12.8 Å². The molecule has 0 saturated carbocycles. The summed E-state index contributed by atoms with van der Waals surface area (Å²) in [4.78, 5) is 12.2. The van der Waals surface area contributed by atoms with Gasteiger partial charge in [0.1, 0.15) is 0 Å². The Morgan fingerprint density at radius 1 is 1.33 bits per heavy atom. The van der Waals surface area contributed by atoms with Crippen molar-refractivity contribution >= 4 is 22.5 Å². The minimum absolute atomic E-state index is 0.116. The van der Waals surface area contributed by atoms with E-state index in [-0.39, 0.29) is 11.8 Å². The lowest BCUT2D eigenvalue weighted by molar-refractivity contribution is -0.120. The molecule has 2 aromatic rings. The third kappa shape index (κ3) is 2.09. The van der Waals surface area contributed by atoms with E-state index < -0.39 is 0 Å². The summed E-state index contributed by atoms with van der Waals surface area (Å²) in [5.74, 6) is 0.235. The molecule has 0 bridgehead atoms. The summed E-state index contributed by atoms with van der Waals surface area (Å²) in [5.41, 5.74) is 1.78. The van der Waals surface area contributed by atoms with Crippen molar-refractivity contribution in [1.82, 2.24) is 15.5 Å². The van der Waals surface area contributed by atoms with Crippen molar-refractivity contribution in [2.24, 2.45) is 5.92 Å². The van der Waals surface area contributed by atoms with Gasteiger partial charge in [0.15, 0.2) is 0 Å². The Hall–Kier alpha value is -1.88. The number of nitrogens with zero attached hydrogens (tertiary/aromatic N) is 1. The van der Waals surface area contributed by atoms with Gasteiger partial charge in [0.05, 0.1) is 17.4 Å². The van der Waals surface area contributed by atoms with Gasteiger partial charge in [-0.05, 0) is 38.1 Å². The van der Waals surface area contributed by atoms with Crippen molar-refractivity contribution in [1.29, 1.82) is 0 Å². The highest BCUT2D eigenvalue weighted by molar-refractivity contribution is 6.01. The van der Waals surface area contributed by atoms with Gasteiger partial charge in [-0.2, -0.15) is 5.10 Å². The van der Waals surface area contributed by atoms with Crippen LogP contribution >= 0.6 is 0 Å². The van der Waals surface area contributed by atoms with E-state index in [9.17, 15) is 4.79 Å². The molecule has 0 aliphatic carbocycles. The lowest BCUT2D eigenvalue weighted by atomic mass is 9.97. The van der Waals surface area contributed by atoms with E-state index in [1.54, 1.807) is 6.20 Å². The van der Waals surface area contributed by atoms with Crippen LogP contribution in [0.3, 0.4) is 0 Å². The Morgan fingerprint density at radius 2 is 2.17 bits per heavy atom. The second-order valence-corrected chi connectivity index (χ2v) is 4.65. The van der Waals surface area contributed by atoms with Crippen molar-refractivity contribution in [2.75, 3.05) is 18.4 Å². The van der Waals surface area contributed by atoms with Gasteiger partial charge >= 0.3 is 0 Å². The fourth-order valence-corrected chi connectivity index (χ4v) is 2.40. The van der Waals surface area contributed by atoms with Gasteiger partial charge in [-0.1, -0.05) is 6.07 Å². The predicted molar refractivity (Wildman–Crippen MR) is 70.3 cm³/mol. The van der Waals surface area contributed by atoms with Crippen LogP contribution in [0.5, 0.6) is 0 Å². The van der Waals surface area contributed by atoms with Crippen LogP contribution in [-0.2, 0) is 4.79 Å². The Balaban J connectivity index is 1.79. The highest BCUT2D eigenvalue weighted by atomic mass is 16.1. The molecule has 5 heteroatoms. The number of nitrogens with one attached hydrogen (secondary N) is 3. The van der Waals surface area contributed by atoms with E-state index in [1.165, 1.54) is 0 Å². The summed E-state index contributed by atoms with van der Waals surface area (Å²) < 4.78 is 0. The quantitative estimate of drug-likeness (QED) is 0.749. The van der Waals surface area contributed by atoms with E-state index >= 15 is 0 Å². The standard InChI is InChI=1S/C13H16N4O/c18-13(9-4-6-14-7-5-9)16-11-2-1-3-12-10(11)8-15-17-12/h1-3,8-9,14H,4-7H2,(H,15,17)(H,16,18). The zero-order chi connectivity index (χ0) is 12.4. The van der Waals surface area contributed by atoms with Gasteiger partial charge in [0.25, 0.3) is 0 Å². The second kappa shape index (κ2) is 4.78. The highest BCUT2D eigenvalue weighted by Gasteiger charge is 2.21. The number of piperidine rings is 1. The van der Waals surface area contributed by atoms with Gasteiger partial charge in [-0.3, -0.25) is 9.89 Å². The molecule has 3 N–H and O–H groups in total. The molecule has 0 atom stereocenters. The van der Waals surface area contributed by atoms with Crippen LogP contribution in [0.15, 0.2) is 24.4 Å². The third-order valence-corrected chi connectivity index (χ3v) is 3.45. The van der Waals surface area contributed by atoms with Crippen LogP contribution in [0, 0.1) is 5.92 Å². The second-order valence-electron chi connectivity index (χ2n) is 4.65. The summed E-state index contributed by atoms with van der Waals surface area (Å²) in [6.45, 7) is 1.85. The first kappa shape index (κ1) is 11.2. The molecule has 1 saturated heterocycles. The van der Waals surface area contributed by atoms with Crippen LogP contribution in [-0.4, -0.2) is 29.2 Å². The Morgan fingerprint density at radius 3 is 3.00 bits per heavy atom. The Labute approximate surface area is 105 Å². The molecular weight excluding hydrogens is 228 g/mol. The molecule has 1 aromatic heterocycles. The van der Waals surface area contributed by atoms with Crippen LogP contribution in [0.4, 0.5) is 5.69 Å². The lowest BCUT2D eigenvalue weighted by Gasteiger charge is -2.21. The van der Waals surface area contributed by atoms with E-state index in [0.717, 1.165) is 42.5 Å². The minimum Gasteiger partial charge on any atom is -0.325 e. The number of aromatic amines is 1. The van der Waals surface area contributed by atoms with Gasteiger partial charge < -0.3 is 10.6 Å². The van der Waals surface area contributed by atoms with Gasteiger partial charge in [-0.25, -0.2) is 0 Å². The third-order valence-electron chi connectivity index (χ3n) is 3.45. The number of benzene rings is 1. The normalized spacial score (nSPS) is 16.9. The van der Waals surface area contributed by atoms with E-state index in [4.69, 9.17) is 0 Å². The molecule has 1 aliphatic heterocycles. The first-order valence-corrected chi connectivity index (χ1v) is 6.28. The number of amides is 1. The zero-order valence-corrected chi connectivity index (χ0v) is 10.1. The van der Waals surface area contributed by atoms with Crippen LogP contribution in [0.2, 0.25) is 0 Å². The summed E-state index contributed by atoms with van der Waals surface area (Å²) in [5, 5.41) is 14.1. The fourth-order valence-electron chi connectivity index (χ4n) is 2.40. The molecule has 2 heterocycles. The topological polar surface area (TPSA) is 69.8 Å². The first-order chi connectivity index (χ1) is 8.84. The van der Waals surface area contributed by atoms with E-state index in [0.29, 0.717) is 0 Å². The number of aromatic nitrogens is 2. The largest absolute Gasteiger partial charge is 0.325 e. The number of fused-ring (bicyclic) bond motifs is 1. The number of carbonyl (C=O) groups excluding carboxylic acids is 1. The molecular formula is C13H16N4O. The summed E-state index contributed by atoms with van der Waals surface area (Å²) in [6, 6.07) is 5.78. The smallest absolute Gasteiger partial charge is 0.227 e. The van der Waals surface area contributed by atoms with Crippen molar-refractivity contribution < 1.29 is 4.79 Å². The summed E-state index contributed by atoms with van der Waals surface area (Å²) in [6.07, 6.45) is 3.56. The monoisotopic (exact) mass is 244 g/mol. The first-order valence-electron chi connectivity index (χ1n) is 6.28. The van der Waals surface area contributed by atoms with Gasteiger partial charge in [0, 0.05) is 11.3 Å². The number of hydrogen-bond donors (Lipinski definition) is 3. The molecule has 1 aromatic carbocycles.